The molecule has 0 saturated heterocycles. The van der Waals surface area contributed by atoms with E-state index < -0.39 is 5.60 Å². The Balaban J connectivity index is 2.58. The van der Waals surface area contributed by atoms with Crippen LogP contribution in [0.4, 0.5) is 4.79 Å². The van der Waals surface area contributed by atoms with E-state index in [1.807, 2.05) is 33.8 Å². The third kappa shape index (κ3) is 2.36. The predicted molar refractivity (Wildman–Crippen MR) is 78.8 cm³/mol. The minimum absolute atomic E-state index is 0.360. The van der Waals surface area contributed by atoms with Gasteiger partial charge in [0.2, 0.25) is 0 Å². The summed E-state index contributed by atoms with van der Waals surface area (Å²) < 4.78 is 8.05. The smallest absolute Gasteiger partial charge is 0.419 e. The van der Waals surface area contributed by atoms with E-state index in [1.54, 1.807) is 17.0 Å². The number of pyridine rings is 1. The molecule has 0 aromatic carbocycles. The van der Waals surface area contributed by atoms with Gasteiger partial charge in [-0.15, -0.1) is 0 Å². The van der Waals surface area contributed by atoms with Crippen LogP contribution in [0.2, 0.25) is 0 Å². The van der Waals surface area contributed by atoms with Crippen LogP contribution in [0.3, 0.4) is 0 Å². The lowest BCUT2D eigenvalue weighted by atomic mass is 10.2. The number of carbonyl (C=O) groups excluding carboxylic acids is 1. The van der Waals surface area contributed by atoms with Crippen LogP contribution >= 0.6 is 22.6 Å². The molecule has 2 rings (SSSR count). The fourth-order valence-electron chi connectivity index (χ4n) is 1.77. The molecular formula is C13H15IN2O2. The quantitative estimate of drug-likeness (QED) is 0.674. The monoisotopic (exact) mass is 358 g/mol. The first-order valence-electron chi connectivity index (χ1n) is 5.65. The Morgan fingerprint density at radius 1 is 1.44 bits per heavy atom. The summed E-state index contributed by atoms with van der Waals surface area (Å²) in [6, 6.07) is 1.91. The van der Waals surface area contributed by atoms with E-state index in [2.05, 4.69) is 27.6 Å². The molecule has 0 atom stereocenters. The van der Waals surface area contributed by atoms with Gasteiger partial charge in [-0.3, -0.25) is 4.98 Å². The second-order valence-electron chi connectivity index (χ2n) is 5.11. The first kappa shape index (κ1) is 13.3. The number of aromatic nitrogens is 2. The molecule has 0 radical (unpaired) electrons. The van der Waals surface area contributed by atoms with Gasteiger partial charge in [-0.05, 0) is 56.4 Å². The van der Waals surface area contributed by atoms with E-state index in [0.29, 0.717) is 0 Å². The van der Waals surface area contributed by atoms with Crippen molar-refractivity contribution in [3.05, 3.63) is 27.7 Å². The number of carbonyl (C=O) groups is 1. The van der Waals surface area contributed by atoms with Crippen molar-refractivity contribution in [1.29, 1.82) is 0 Å². The Hall–Kier alpha value is -1.11. The van der Waals surface area contributed by atoms with E-state index in [1.165, 1.54) is 0 Å². The Bertz CT molecular complexity index is 611. The van der Waals surface area contributed by atoms with E-state index in [9.17, 15) is 4.79 Å². The molecule has 0 aliphatic heterocycles. The van der Waals surface area contributed by atoms with E-state index in [0.717, 1.165) is 20.2 Å². The maximum Gasteiger partial charge on any atom is 0.419 e. The minimum atomic E-state index is -0.506. The molecule has 0 bridgehead atoms. The summed E-state index contributed by atoms with van der Waals surface area (Å²) in [6.45, 7) is 7.48. The highest BCUT2D eigenvalue weighted by molar-refractivity contribution is 14.1. The molecule has 0 spiro atoms. The van der Waals surface area contributed by atoms with Crippen LogP contribution < -0.4 is 0 Å². The summed E-state index contributed by atoms with van der Waals surface area (Å²) in [5.74, 6) is 0. The van der Waals surface area contributed by atoms with Crippen LogP contribution in [-0.4, -0.2) is 21.2 Å². The normalized spacial score (nSPS) is 11.8. The zero-order valence-corrected chi connectivity index (χ0v) is 13.0. The van der Waals surface area contributed by atoms with Gasteiger partial charge in [-0.1, -0.05) is 0 Å². The first-order valence-corrected chi connectivity index (χ1v) is 6.73. The van der Waals surface area contributed by atoms with Crippen molar-refractivity contribution >= 4 is 39.6 Å². The molecule has 2 aromatic heterocycles. The summed E-state index contributed by atoms with van der Waals surface area (Å²) in [6.07, 6.45) is 3.05. The summed E-state index contributed by atoms with van der Waals surface area (Å²) in [5, 5.41) is 1.02. The Morgan fingerprint density at radius 3 is 2.72 bits per heavy atom. The Kier molecular flexibility index (Phi) is 3.35. The van der Waals surface area contributed by atoms with E-state index in [4.69, 9.17) is 4.74 Å². The molecule has 2 aromatic rings. The molecule has 0 unspecified atom stereocenters. The summed E-state index contributed by atoms with van der Waals surface area (Å²) >= 11 is 2.24. The van der Waals surface area contributed by atoms with Gasteiger partial charge >= 0.3 is 6.09 Å². The maximum absolute atomic E-state index is 12.2. The summed E-state index contributed by atoms with van der Waals surface area (Å²) in [7, 11) is 0. The highest BCUT2D eigenvalue weighted by Gasteiger charge is 2.22. The van der Waals surface area contributed by atoms with Crippen molar-refractivity contribution in [2.45, 2.75) is 33.3 Å². The SMILES string of the molecule is Cc1c(I)c2ccncc2n1C(=O)OC(C)(C)C. The van der Waals surface area contributed by atoms with Crippen LogP contribution in [0.25, 0.3) is 10.9 Å². The molecule has 4 nitrogen and oxygen atoms in total. The first-order chi connectivity index (χ1) is 8.31. The number of fused-ring (bicyclic) bond motifs is 1. The van der Waals surface area contributed by atoms with Gasteiger partial charge in [0.05, 0.1) is 11.7 Å². The van der Waals surface area contributed by atoms with Crippen molar-refractivity contribution in [3.8, 4) is 0 Å². The Morgan fingerprint density at radius 2 is 2.11 bits per heavy atom. The molecule has 0 aliphatic carbocycles. The Labute approximate surface area is 119 Å². The molecule has 18 heavy (non-hydrogen) atoms. The lowest BCUT2D eigenvalue weighted by Crippen LogP contribution is -2.27. The molecule has 0 fully saturated rings. The van der Waals surface area contributed by atoms with E-state index in [-0.39, 0.29) is 6.09 Å². The number of rotatable bonds is 0. The zero-order chi connectivity index (χ0) is 13.5. The highest BCUT2D eigenvalue weighted by atomic mass is 127. The average molecular weight is 358 g/mol. The standard InChI is InChI=1S/C13H15IN2O2/c1-8-11(14)9-5-6-15-7-10(9)16(8)12(17)18-13(2,3)4/h5-7H,1-4H3. The fraction of sp³-hybridized carbons (Fsp3) is 0.385. The van der Waals surface area contributed by atoms with Gasteiger partial charge < -0.3 is 4.74 Å². The van der Waals surface area contributed by atoms with Crippen molar-refractivity contribution in [2.24, 2.45) is 0 Å². The van der Waals surface area contributed by atoms with Gasteiger partial charge in [0.25, 0.3) is 0 Å². The molecule has 96 valence electrons. The molecule has 0 aliphatic rings. The number of hydrogen-bond donors (Lipinski definition) is 0. The van der Waals surface area contributed by atoms with Gasteiger partial charge in [0, 0.05) is 20.8 Å². The predicted octanol–water partition coefficient (Wildman–Crippen LogP) is 3.73. The third-order valence-electron chi connectivity index (χ3n) is 2.51. The molecule has 0 N–H and O–H groups in total. The number of nitrogens with zero attached hydrogens (tertiary/aromatic N) is 2. The topological polar surface area (TPSA) is 44.1 Å². The summed E-state index contributed by atoms with van der Waals surface area (Å²) in [4.78, 5) is 16.3. The van der Waals surface area contributed by atoms with Crippen LogP contribution in [0.5, 0.6) is 0 Å². The summed E-state index contributed by atoms with van der Waals surface area (Å²) in [5.41, 5.74) is 1.16. The number of hydrogen-bond acceptors (Lipinski definition) is 3. The molecule has 5 heteroatoms. The van der Waals surface area contributed by atoms with Gasteiger partial charge in [0.15, 0.2) is 0 Å². The molecule has 0 saturated carbocycles. The second-order valence-corrected chi connectivity index (χ2v) is 6.19. The highest BCUT2D eigenvalue weighted by Crippen LogP contribution is 2.27. The lowest BCUT2D eigenvalue weighted by molar-refractivity contribution is 0.0541. The van der Waals surface area contributed by atoms with Gasteiger partial charge in [-0.25, -0.2) is 9.36 Å². The largest absolute Gasteiger partial charge is 0.443 e. The van der Waals surface area contributed by atoms with Crippen molar-refractivity contribution < 1.29 is 9.53 Å². The van der Waals surface area contributed by atoms with E-state index >= 15 is 0 Å². The molecule has 2 heterocycles. The minimum Gasteiger partial charge on any atom is -0.443 e. The van der Waals surface area contributed by atoms with Crippen molar-refractivity contribution in [1.82, 2.24) is 9.55 Å². The molecule has 0 amide bonds. The average Bonchev–Trinajstić information content (AvgIpc) is 2.50. The third-order valence-corrected chi connectivity index (χ3v) is 3.87. The number of halogens is 1. The van der Waals surface area contributed by atoms with Crippen molar-refractivity contribution in [3.63, 3.8) is 0 Å². The van der Waals surface area contributed by atoms with Crippen LogP contribution in [-0.2, 0) is 4.74 Å². The number of ether oxygens (including phenoxy) is 1. The van der Waals surface area contributed by atoms with Crippen LogP contribution in [0.15, 0.2) is 18.5 Å². The van der Waals surface area contributed by atoms with Crippen LogP contribution in [0.1, 0.15) is 26.5 Å². The van der Waals surface area contributed by atoms with Crippen molar-refractivity contribution in [2.75, 3.05) is 0 Å². The van der Waals surface area contributed by atoms with Crippen LogP contribution in [0, 0.1) is 10.5 Å². The van der Waals surface area contributed by atoms with Gasteiger partial charge in [0.1, 0.15) is 5.60 Å². The fourth-order valence-corrected chi connectivity index (χ4v) is 2.46. The lowest BCUT2D eigenvalue weighted by Gasteiger charge is -2.20. The molecular weight excluding hydrogens is 343 g/mol. The maximum atomic E-state index is 12.2. The van der Waals surface area contributed by atoms with Gasteiger partial charge in [-0.2, -0.15) is 0 Å². The zero-order valence-electron chi connectivity index (χ0n) is 10.8. The second kappa shape index (κ2) is 4.53.